The Morgan fingerprint density at radius 2 is 1.79 bits per heavy atom. The lowest BCUT2D eigenvalue weighted by molar-refractivity contribution is -0.151. The Balaban J connectivity index is 1.35. The van der Waals surface area contributed by atoms with Crippen molar-refractivity contribution < 1.29 is 18.3 Å². The Bertz CT molecular complexity index is 1340. The van der Waals surface area contributed by atoms with Crippen LogP contribution in [0.1, 0.15) is 43.7 Å². The summed E-state index contributed by atoms with van der Waals surface area (Å²) in [5, 5.41) is 11.9. The second-order valence-corrected chi connectivity index (χ2v) is 10.4. The Kier molecular flexibility index (Phi) is 7.55. The molecule has 1 saturated carbocycles. The molecule has 0 spiro atoms. The average Bonchev–Trinajstić information content (AvgIpc) is 3.76. The van der Waals surface area contributed by atoms with Gasteiger partial charge in [-0.05, 0) is 79.5 Å². The van der Waals surface area contributed by atoms with Crippen molar-refractivity contribution >= 4 is 11.6 Å². The third-order valence-corrected chi connectivity index (χ3v) is 7.57. The molecule has 7 heteroatoms. The smallest absolute Gasteiger partial charge is 0.253 e. The maximum Gasteiger partial charge on any atom is 0.253 e. The highest BCUT2D eigenvalue weighted by atomic mass is 19.2. The number of hydrogen-bond acceptors (Lipinski definition) is 4. The van der Waals surface area contributed by atoms with Crippen molar-refractivity contribution in [3.63, 3.8) is 0 Å². The van der Waals surface area contributed by atoms with Gasteiger partial charge in [-0.3, -0.25) is 4.79 Å². The van der Waals surface area contributed by atoms with Gasteiger partial charge in [-0.2, -0.15) is 5.26 Å². The number of carbonyl (C=O) groups is 1. The van der Waals surface area contributed by atoms with E-state index in [1.807, 2.05) is 42.5 Å². The van der Waals surface area contributed by atoms with Gasteiger partial charge in [0, 0.05) is 31.4 Å². The van der Waals surface area contributed by atoms with Gasteiger partial charge in [0.15, 0.2) is 11.6 Å². The molecule has 1 aliphatic heterocycles. The molecule has 1 saturated heterocycles. The van der Waals surface area contributed by atoms with Gasteiger partial charge in [0.1, 0.15) is 6.10 Å². The number of piperidine rings is 1. The van der Waals surface area contributed by atoms with Gasteiger partial charge in [-0.1, -0.05) is 36.4 Å². The number of amides is 1. The fraction of sp³-hybridized carbons (Fsp3) is 0.355. The number of halogens is 2. The molecule has 0 radical (unpaired) electrons. The molecule has 2 aliphatic rings. The van der Waals surface area contributed by atoms with Gasteiger partial charge >= 0.3 is 0 Å². The van der Waals surface area contributed by atoms with Crippen molar-refractivity contribution in [1.29, 1.82) is 5.26 Å². The molecule has 3 aromatic carbocycles. The minimum absolute atomic E-state index is 0.182. The van der Waals surface area contributed by atoms with Gasteiger partial charge in [-0.25, -0.2) is 8.78 Å². The first kappa shape index (κ1) is 26.0. The van der Waals surface area contributed by atoms with Crippen LogP contribution in [0.15, 0.2) is 66.7 Å². The first-order valence-electron chi connectivity index (χ1n) is 13.1. The fourth-order valence-corrected chi connectivity index (χ4v) is 5.18. The van der Waals surface area contributed by atoms with E-state index in [1.165, 1.54) is 18.9 Å². The highest BCUT2D eigenvalue weighted by Crippen LogP contribution is 2.40. The van der Waals surface area contributed by atoms with Crippen LogP contribution in [-0.2, 0) is 15.1 Å². The van der Waals surface area contributed by atoms with E-state index in [-0.39, 0.29) is 5.69 Å². The van der Waals surface area contributed by atoms with Crippen LogP contribution in [0.4, 0.5) is 14.5 Å². The van der Waals surface area contributed by atoms with Gasteiger partial charge in [0.2, 0.25) is 0 Å². The number of hydrogen-bond donors (Lipinski definition) is 1. The predicted molar refractivity (Wildman–Crippen MR) is 142 cm³/mol. The van der Waals surface area contributed by atoms with Crippen LogP contribution < -0.4 is 5.32 Å². The largest absolute Gasteiger partial charge is 0.357 e. The van der Waals surface area contributed by atoms with Crippen LogP contribution in [0.25, 0.3) is 11.1 Å². The number of carbonyl (C=O) groups excluding carboxylic acids is 1. The summed E-state index contributed by atoms with van der Waals surface area (Å²) in [6.07, 6.45) is 3.27. The van der Waals surface area contributed by atoms with E-state index in [2.05, 4.69) is 16.3 Å². The van der Waals surface area contributed by atoms with Crippen LogP contribution >= 0.6 is 0 Å². The van der Waals surface area contributed by atoms with E-state index in [0.29, 0.717) is 5.56 Å². The molecule has 1 heterocycles. The van der Waals surface area contributed by atoms with Gasteiger partial charge in [0.25, 0.3) is 5.91 Å². The Morgan fingerprint density at radius 3 is 2.45 bits per heavy atom. The average molecular weight is 516 g/mol. The van der Waals surface area contributed by atoms with Crippen molar-refractivity contribution in [3.05, 3.63) is 89.5 Å². The number of anilines is 1. The zero-order chi connectivity index (χ0) is 26.7. The van der Waals surface area contributed by atoms with Crippen molar-refractivity contribution in [2.45, 2.75) is 44.3 Å². The Hall–Kier alpha value is -3.60. The number of nitriles is 1. The molecule has 1 amide bonds. The normalized spacial score (nSPS) is 17.9. The maximum absolute atomic E-state index is 13.6. The van der Waals surface area contributed by atoms with Gasteiger partial charge < -0.3 is 15.0 Å². The van der Waals surface area contributed by atoms with Crippen LogP contribution in [0.2, 0.25) is 0 Å². The second kappa shape index (κ2) is 11.0. The first-order valence-corrected chi connectivity index (χ1v) is 13.1. The van der Waals surface area contributed by atoms with E-state index >= 15 is 0 Å². The van der Waals surface area contributed by atoms with Crippen molar-refractivity contribution in [2.24, 2.45) is 5.92 Å². The van der Waals surface area contributed by atoms with E-state index < -0.39 is 29.2 Å². The Morgan fingerprint density at radius 1 is 1.05 bits per heavy atom. The summed E-state index contributed by atoms with van der Waals surface area (Å²) in [6.45, 7) is 4.55. The van der Waals surface area contributed by atoms with Crippen LogP contribution in [-0.4, -0.2) is 36.5 Å². The van der Waals surface area contributed by atoms with Crippen molar-refractivity contribution in [3.8, 4) is 17.2 Å². The van der Waals surface area contributed by atoms with E-state index in [0.717, 1.165) is 67.2 Å². The first-order chi connectivity index (χ1) is 18.3. The van der Waals surface area contributed by atoms with E-state index in [1.54, 1.807) is 13.0 Å². The number of ether oxygens (including phenoxy) is 1. The third-order valence-electron chi connectivity index (χ3n) is 7.57. The predicted octanol–water partition coefficient (Wildman–Crippen LogP) is 6.25. The summed E-state index contributed by atoms with van der Waals surface area (Å²) in [5.74, 6) is -1.60. The van der Waals surface area contributed by atoms with E-state index in [9.17, 15) is 18.8 Å². The molecule has 1 N–H and O–H groups in total. The topological polar surface area (TPSA) is 65.4 Å². The van der Waals surface area contributed by atoms with Crippen molar-refractivity contribution in [1.82, 2.24) is 4.90 Å². The highest BCUT2D eigenvalue weighted by Gasteiger charge is 2.40. The van der Waals surface area contributed by atoms with Crippen LogP contribution in [0.5, 0.6) is 0 Å². The standard InChI is InChI=1S/C31H31F2N3O2/c1-21(30(37)35-27-11-12-28(32)29(33)18-27)38-31(13-15-36(16-14-31)20-22-5-6-22)26-9-7-24(8-10-26)25-4-2-3-23(17-25)19-34/h2-4,7-12,17-18,21-22H,5-6,13-16,20H2,1H3,(H,35,37). The summed E-state index contributed by atoms with van der Waals surface area (Å²) < 4.78 is 33.5. The molecule has 1 aliphatic carbocycles. The zero-order valence-electron chi connectivity index (χ0n) is 21.4. The minimum Gasteiger partial charge on any atom is -0.357 e. The SMILES string of the molecule is CC(OC1(c2ccc(-c3cccc(C#N)c3)cc2)CCN(CC2CC2)CC1)C(=O)Nc1ccc(F)c(F)c1. The lowest BCUT2D eigenvalue weighted by Crippen LogP contribution is -2.47. The fourth-order valence-electron chi connectivity index (χ4n) is 5.18. The molecule has 38 heavy (non-hydrogen) atoms. The third kappa shape index (κ3) is 5.93. The Labute approximate surface area is 222 Å². The summed E-state index contributed by atoms with van der Waals surface area (Å²) in [6, 6.07) is 21.1. The van der Waals surface area contributed by atoms with Gasteiger partial charge in [-0.15, -0.1) is 0 Å². The molecular formula is C31H31F2N3O2. The zero-order valence-corrected chi connectivity index (χ0v) is 21.4. The summed E-state index contributed by atoms with van der Waals surface area (Å²) in [4.78, 5) is 15.5. The summed E-state index contributed by atoms with van der Waals surface area (Å²) >= 11 is 0. The quantitative estimate of drug-likeness (QED) is 0.385. The lowest BCUT2D eigenvalue weighted by Gasteiger charge is -2.43. The number of rotatable bonds is 8. The molecule has 1 atom stereocenters. The molecule has 3 aromatic rings. The maximum atomic E-state index is 13.6. The molecule has 0 aromatic heterocycles. The molecule has 2 fully saturated rings. The second-order valence-electron chi connectivity index (χ2n) is 10.4. The molecular weight excluding hydrogens is 484 g/mol. The number of nitrogens with zero attached hydrogens (tertiary/aromatic N) is 2. The lowest BCUT2D eigenvalue weighted by atomic mass is 9.83. The summed E-state index contributed by atoms with van der Waals surface area (Å²) in [7, 11) is 0. The summed E-state index contributed by atoms with van der Waals surface area (Å²) in [5.41, 5.74) is 3.09. The minimum atomic E-state index is -1.02. The molecule has 5 nitrogen and oxygen atoms in total. The van der Waals surface area contributed by atoms with Gasteiger partial charge in [0.05, 0.1) is 17.2 Å². The van der Waals surface area contributed by atoms with E-state index in [4.69, 9.17) is 4.74 Å². The van der Waals surface area contributed by atoms with Crippen LogP contribution in [0, 0.1) is 28.9 Å². The molecule has 196 valence electrons. The molecule has 5 rings (SSSR count). The molecule has 0 bridgehead atoms. The number of benzene rings is 3. The highest BCUT2D eigenvalue weighted by molar-refractivity contribution is 5.93. The number of likely N-dealkylation sites (tertiary alicyclic amines) is 1. The monoisotopic (exact) mass is 515 g/mol. The number of nitrogens with one attached hydrogen (secondary N) is 1. The van der Waals surface area contributed by atoms with Crippen molar-refractivity contribution in [2.75, 3.05) is 25.0 Å². The van der Waals surface area contributed by atoms with Crippen LogP contribution in [0.3, 0.4) is 0 Å². The molecule has 1 unspecified atom stereocenters.